The molecule has 0 saturated carbocycles. The minimum atomic E-state index is -0.195. The first kappa shape index (κ1) is 15.8. The van der Waals surface area contributed by atoms with Crippen LogP contribution in [0, 0.1) is 0 Å². The third kappa shape index (κ3) is 3.39. The lowest BCUT2D eigenvalue weighted by Crippen LogP contribution is -2.42. The van der Waals surface area contributed by atoms with Crippen molar-refractivity contribution in [1.82, 2.24) is 19.9 Å². The molecule has 0 bridgehead atoms. The number of aromatic amines is 1. The van der Waals surface area contributed by atoms with Crippen LogP contribution in [-0.2, 0) is 16.0 Å². The number of carbonyl (C=O) groups excluding carboxylic acids is 1. The predicted octanol–water partition coefficient (Wildman–Crippen LogP) is 2.49. The summed E-state index contributed by atoms with van der Waals surface area (Å²) in [5.74, 6) is 0.155. The quantitative estimate of drug-likeness (QED) is 0.794. The highest BCUT2D eigenvalue weighted by atomic mass is 16.5. The Morgan fingerprint density at radius 2 is 2.24 bits per heavy atom. The number of benzene rings is 1. The number of amides is 1. The smallest absolute Gasteiger partial charge is 0.223 e. The summed E-state index contributed by atoms with van der Waals surface area (Å²) in [4.78, 5) is 26.1. The molecule has 1 unspecified atom stereocenters. The number of hydrogen-bond acceptors (Lipinski definition) is 4. The SMILES string of the molecule is O=C(CCc1c[nH]c2ccccc12)N1CCOC(c2cnccn2)C1. The Kier molecular flexibility index (Phi) is 4.43. The largest absolute Gasteiger partial charge is 0.368 e. The van der Waals surface area contributed by atoms with Crippen LogP contribution in [0.3, 0.4) is 0 Å². The van der Waals surface area contributed by atoms with E-state index < -0.39 is 0 Å². The highest BCUT2D eigenvalue weighted by molar-refractivity contribution is 5.84. The predicted molar refractivity (Wildman–Crippen MR) is 93.9 cm³/mol. The standard InChI is InChI=1S/C19H20N4O2/c24-19(6-5-14-11-22-16-4-2-1-3-15(14)16)23-9-10-25-18(13-23)17-12-20-7-8-21-17/h1-4,7-8,11-12,18,22H,5-6,9-10,13H2. The first-order chi connectivity index (χ1) is 12.3. The van der Waals surface area contributed by atoms with Gasteiger partial charge in [-0.1, -0.05) is 18.2 Å². The van der Waals surface area contributed by atoms with E-state index in [1.807, 2.05) is 29.3 Å². The highest BCUT2D eigenvalue weighted by Gasteiger charge is 2.26. The lowest BCUT2D eigenvalue weighted by molar-refractivity contribution is -0.139. The lowest BCUT2D eigenvalue weighted by Gasteiger charge is -2.32. The second kappa shape index (κ2) is 7.03. The molecule has 6 nitrogen and oxygen atoms in total. The van der Waals surface area contributed by atoms with Crippen molar-refractivity contribution in [2.75, 3.05) is 19.7 Å². The van der Waals surface area contributed by atoms with E-state index in [1.54, 1.807) is 18.6 Å². The van der Waals surface area contributed by atoms with Gasteiger partial charge < -0.3 is 14.6 Å². The molecular weight excluding hydrogens is 316 g/mol. The number of nitrogens with one attached hydrogen (secondary N) is 1. The number of hydrogen-bond donors (Lipinski definition) is 1. The van der Waals surface area contributed by atoms with Crippen molar-refractivity contribution in [2.45, 2.75) is 18.9 Å². The normalized spacial score (nSPS) is 17.8. The molecule has 1 saturated heterocycles. The van der Waals surface area contributed by atoms with Gasteiger partial charge in [-0.3, -0.25) is 14.8 Å². The topological polar surface area (TPSA) is 71.1 Å². The molecule has 0 aliphatic carbocycles. The van der Waals surface area contributed by atoms with E-state index in [0.29, 0.717) is 26.1 Å². The monoisotopic (exact) mass is 336 g/mol. The molecule has 0 radical (unpaired) electrons. The molecule has 1 N–H and O–H groups in total. The minimum absolute atomic E-state index is 0.155. The molecule has 4 rings (SSSR count). The average molecular weight is 336 g/mol. The van der Waals surface area contributed by atoms with Crippen LogP contribution in [0.5, 0.6) is 0 Å². The molecule has 1 fully saturated rings. The number of H-pyrrole nitrogens is 1. The summed E-state index contributed by atoms with van der Waals surface area (Å²) in [6.45, 7) is 1.69. The number of morpholine rings is 1. The Balaban J connectivity index is 1.39. The van der Waals surface area contributed by atoms with Gasteiger partial charge in [-0.2, -0.15) is 0 Å². The van der Waals surface area contributed by atoms with Crippen molar-refractivity contribution in [1.29, 1.82) is 0 Å². The van der Waals surface area contributed by atoms with E-state index >= 15 is 0 Å². The Morgan fingerprint density at radius 1 is 1.32 bits per heavy atom. The summed E-state index contributed by atoms with van der Waals surface area (Å²) in [6.07, 6.45) is 8.02. The number of rotatable bonds is 4. The maximum atomic E-state index is 12.6. The van der Waals surface area contributed by atoms with E-state index in [4.69, 9.17) is 4.74 Å². The molecule has 1 atom stereocenters. The van der Waals surface area contributed by atoms with Gasteiger partial charge in [-0.15, -0.1) is 0 Å². The van der Waals surface area contributed by atoms with E-state index in [9.17, 15) is 4.79 Å². The molecule has 1 amide bonds. The number of fused-ring (bicyclic) bond motifs is 1. The zero-order valence-corrected chi connectivity index (χ0v) is 13.9. The van der Waals surface area contributed by atoms with Crippen LogP contribution >= 0.6 is 0 Å². The van der Waals surface area contributed by atoms with Gasteiger partial charge in [0.1, 0.15) is 6.10 Å². The van der Waals surface area contributed by atoms with Gasteiger partial charge in [0.2, 0.25) is 5.91 Å². The van der Waals surface area contributed by atoms with E-state index in [2.05, 4.69) is 21.0 Å². The molecule has 2 aromatic heterocycles. The molecule has 6 heteroatoms. The fourth-order valence-corrected chi connectivity index (χ4v) is 3.27. The summed E-state index contributed by atoms with van der Waals surface area (Å²) < 4.78 is 5.75. The molecule has 1 aliphatic rings. The zero-order chi connectivity index (χ0) is 17.1. The third-order valence-electron chi connectivity index (χ3n) is 4.62. The Morgan fingerprint density at radius 3 is 3.12 bits per heavy atom. The summed E-state index contributed by atoms with van der Waals surface area (Å²) in [6, 6.07) is 8.17. The van der Waals surface area contributed by atoms with Gasteiger partial charge >= 0.3 is 0 Å². The Labute approximate surface area is 145 Å². The second-order valence-electron chi connectivity index (χ2n) is 6.19. The highest BCUT2D eigenvalue weighted by Crippen LogP contribution is 2.22. The lowest BCUT2D eigenvalue weighted by atomic mass is 10.1. The molecule has 0 spiro atoms. The van der Waals surface area contributed by atoms with Gasteiger partial charge in [0.15, 0.2) is 0 Å². The second-order valence-corrected chi connectivity index (χ2v) is 6.19. The minimum Gasteiger partial charge on any atom is -0.368 e. The number of para-hydroxylation sites is 1. The third-order valence-corrected chi connectivity index (χ3v) is 4.62. The summed E-state index contributed by atoms with van der Waals surface area (Å²) in [5.41, 5.74) is 3.07. The molecule has 25 heavy (non-hydrogen) atoms. The number of aryl methyl sites for hydroxylation is 1. The Hall–Kier alpha value is -2.73. The van der Waals surface area contributed by atoms with Gasteiger partial charge in [-0.25, -0.2) is 0 Å². The van der Waals surface area contributed by atoms with Crippen LogP contribution < -0.4 is 0 Å². The number of nitrogens with zero attached hydrogens (tertiary/aromatic N) is 3. The van der Waals surface area contributed by atoms with Crippen molar-refractivity contribution >= 4 is 16.8 Å². The van der Waals surface area contributed by atoms with E-state index in [1.165, 1.54) is 10.9 Å². The fourth-order valence-electron chi connectivity index (χ4n) is 3.27. The van der Waals surface area contributed by atoms with Crippen LogP contribution in [0.15, 0.2) is 49.1 Å². The van der Waals surface area contributed by atoms with Gasteiger partial charge in [0, 0.05) is 42.5 Å². The molecule has 128 valence electrons. The average Bonchev–Trinajstić information content (AvgIpc) is 3.10. The number of aromatic nitrogens is 3. The van der Waals surface area contributed by atoms with Gasteiger partial charge in [0.25, 0.3) is 0 Å². The molecule has 1 aromatic carbocycles. The molecule has 3 aromatic rings. The first-order valence-electron chi connectivity index (χ1n) is 8.51. The maximum absolute atomic E-state index is 12.6. The number of ether oxygens (including phenoxy) is 1. The molecule has 3 heterocycles. The van der Waals surface area contributed by atoms with Crippen molar-refractivity contribution < 1.29 is 9.53 Å². The van der Waals surface area contributed by atoms with Crippen molar-refractivity contribution in [3.63, 3.8) is 0 Å². The summed E-state index contributed by atoms with van der Waals surface area (Å²) in [5, 5.41) is 1.19. The van der Waals surface area contributed by atoms with Gasteiger partial charge in [0.05, 0.1) is 25.0 Å². The van der Waals surface area contributed by atoms with Gasteiger partial charge in [-0.05, 0) is 18.1 Å². The van der Waals surface area contributed by atoms with E-state index in [0.717, 1.165) is 17.6 Å². The Bertz CT molecular complexity index is 862. The van der Waals surface area contributed by atoms with Crippen molar-refractivity contribution in [2.24, 2.45) is 0 Å². The van der Waals surface area contributed by atoms with Crippen LogP contribution in [0.1, 0.15) is 23.8 Å². The van der Waals surface area contributed by atoms with Crippen molar-refractivity contribution in [3.05, 3.63) is 60.3 Å². The van der Waals surface area contributed by atoms with Crippen LogP contribution in [0.4, 0.5) is 0 Å². The van der Waals surface area contributed by atoms with Crippen LogP contribution in [0.2, 0.25) is 0 Å². The van der Waals surface area contributed by atoms with Crippen molar-refractivity contribution in [3.8, 4) is 0 Å². The fraction of sp³-hybridized carbons (Fsp3) is 0.316. The number of carbonyl (C=O) groups is 1. The first-order valence-corrected chi connectivity index (χ1v) is 8.51. The molecular formula is C19H20N4O2. The van der Waals surface area contributed by atoms with E-state index in [-0.39, 0.29) is 12.0 Å². The zero-order valence-electron chi connectivity index (χ0n) is 13.9. The maximum Gasteiger partial charge on any atom is 0.223 e. The van der Waals surface area contributed by atoms with Crippen LogP contribution in [-0.4, -0.2) is 45.5 Å². The summed E-state index contributed by atoms with van der Waals surface area (Å²) >= 11 is 0. The summed E-state index contributed by atoms with van der Waals surface area (Å²) in [7, 11) is 0. The molecule has 1 aliphatic heterocycles. The van der Waals surface area contributed by atoms with Crippen LogP contribution in [0.25, 0.3) is 10.9 Å².